The molecule has 0 aliphatic carbocycles. The van der Waals surface area contributed by atoms with Gasteiger partial charge in [0.15, 0.2) is 0 Å². The molecule has 0 radical (unpaired) electrons. The number of hydrogen-bond acceptors (Lipinski definition) is 1. The molecule has 1 nitrogen and oxygen atoms in total. The molecular weight excluding hydrogens is 122 g/mol. The van der Waals surface area contributed by atoms with Crippen LogP contribution in [0.15, 0.2) is 41.4 Å². The van der Waals surface area contributed by atoms with Gasteiger partial charge in [0.2, 0.25) is 0 Å². The van der Waals surface area contributed by atoms with E-state index < -0.39 is 0 Å². The largest absolute Gasteiger partial charge is 0.297 e. The lowest BCUT2D eigenvalue weighted by Gasteiger charge is -1.82. The molecule has 0 aromatic heterocycles. The van der Waals surface area contributed by atoms with Gasteiger partial charge in [-0.05, 0) is 13.0 Å². The highest BCUT2D eigenvalue weighted by molar-refractivity contribution is 5.71. The molecular formula is C9H13N. The topological polar surface area (TPSA) is 12.4 Å². The smallest absolute Gasteiger partial charge is 0.0277 e. The van der Waals surface area contributed by atoms with E-state index in [2.05, 4.69) is 11.6 Å². The van der Waals surface area contributed by atoms with Crippen molar-refractivity contribution in [3.8, 4) is 0 Å². The second-order valence-corrected chi connectivity index (χ2v) is 1.91. The highest BCUT2D eigenvalue weighted by atomic mass is 14.6. The Morgan fingerprint density at radius 2 is 2.10 bits per heavy atom. The van der Waals surface area contributed by atoms with Crippen molar-refractivity contribution in [1.29, 1.82) is 0 Å². The Kier molecular flexibility index (Phi) is 5.35. The number of allylic oxidation sites excluding steroid dienone is 5. The molecule has 1 heteroatoms. The first kappa shape index (κ1) is 8.89. The molecule has 0 heterocycles. The summed E-state index contributed by atoms with van der Waals surface area (Å²) in [7, 11) is 1.74. The van der Waals surface area contributed by atoms with Crippen LogP contribution < -0.4 is 0 Å². The summed E-state index contributed by atoms with van der Waals surface area (Å²) in [5.41, 5.74) is 1.15. The summed E-state index contributed by atoms with van der Waals surface area (Å²) in [5, 5.41) is 0. The van der Waals surface area contributed by atoms with Crippen molar-refractivity contribution < 1.29 is 0 Å². The second-order valence-electron chi connectivity index (χ2n) is 1.91. The lowest BCUT2D eigenvalue weighted by molar-refractivity contribution is 1.47. The Labute approximate surface area is 62.5 Å². The molecule has 0 atom stereocenters. The highest BCUT2D eigenvalue weighted by Crippen LogP contribution is 1.91. The maximum absolute atomic E-state index is 3.79. The van der Waals surface area contributed by atoms with Crippen LogP contribution in [0.25, 0.3) is 0 Å². The third-order valence-corrected chi connectivity index (χ3v) is 1.03. The van der Waals surface area contributed by atoms with Gasteiger partial charge in [-0.15, -0.1) is 0 Å². The third kappa shape index (κ3) is 5.04. The normalized spacial score (nSPS) is 13.2. The summed E-state index contributed by atoms with van der Waals surface area (Å²) in [6, 6.07) is 0. The zero-order valence-corrected chi connectivity index (χ0v) is 6.54. The first-order valence-corrected chi connectivity index (χ1v) is 3.19. The molecule has 0 rings (SSSR count). The predicted molar refractivity (Wildman–Crippen MR) is 47.5 cm³/mol. The van der Waals surface area contributed by atoms with Crippen molar-refractivity contribution in [3.63, 3.8) is 0 Å². The SMILES string of the molecule is C=C/C(C)=C\C=C\C=NC. The average Bonchev–Trinajstić information content (AvgIpc) is 1.98. The van der Waals surface area contributed by atoms with E-state index in [0.717, 1.165) is 5.57 Å². The fourth-order valence-corrected chi connectivity index (χ4v) is 0.411. The third-order valence-electron chi connectivity index (χ3n) is 1.03. The fraction of sp³-hybridized carbons (Fsp3) is 0.222. The van der Waals surface area contributed by atoms with Crippen LogP contribution in [0.4, 0.5) is 0 Å². The van der Waals surface area contributed by atoms with Gasteiger partial charge in [-0.1, -0.05) is 30.4 Å². The average molecular weight is 135 g/mol. The lowest BCUT2D eigenvalue weighted by atomic mass is 10.3. The minimum absolute atomic E-state index is 1.15. The van der Waals surface area contributed by atoms with Crippen LogP contribution in [-0.2, 0) is 0 Å². The van der Waals surface area contributed by atoms with Gasteiger partial charge in [0.05, 0.1) is 0 Å². The van der Waals surface area contributed by atoms with Crippen molar-refractivity contribution in [2.75, 3.05) is 7.05 Å². The molecule has 54 valence electrons. The molecule has 0 aromatic carbocycles. The number of hydrogen-bond donors (Lipinski definition) is 0. The fourth-order valence-electron chi connectivity index (χ4n) is 0.411. The molecule has 0 amide bonds. The Balaban J connectivity index is 3.81. The van der Waals surface area contributed by atoms with Gasteiger partial charge in [-0.3, -0.25) is 4.99 Å². The number of rotatable bonds is 3. The van der Waals surface area contributed by atoms with E-state index in [4.69, 9.17) is 0 Å². The zero-order chi connectivity index (χ0) is 7.82. The lowest BCUT2D eigenvalue weighted by Crippen LogP contribution is -1.64. The number of aliphatic imine (C=N–C) groups is 1. The van der Waals surface area contributed by atoms with Crippen LogP contribution >= 0.6 is 0 Å². The molecule has 0 bridgehead atoms. The van der Waals surface area contributed by atoms with E-state index >= 15 is 0 Å². The van der Waals surface area contributed by atoms with Crippen LogP contribution in [0.5, 0.6) is 0 Å². The molecule has 0 N–H and O–H groups in total. The summed E-state index contributed by atoms with van der Waals surface area (Å²) in [4.78, 5) is 3.79. The van der Waals surface area contributed by atoms with E-state index in [0.29, 0.717) is 0 Å². The van der Waals surface area contributed by atoms with Crippen LogP contribution in [0, 0.1) is 0 Å². The standard InChI is InChI=1S/C9H13N/c1-4-9(2)7-5-6-8-10-3/h4-8H,1H2,2-3H3/b6-5+,9-7-,10-8?. The van der Waals surface area contributed by atoms with Crippen molar-refractivity contribution in [1.82, 2.24) is 0 Å². The minimum Gasteiger partial charge on any atom is -0.297 e. The molecule has 0 aliphatic rings. The van der Waals surface area contributed by atoms with E-state index in [1.54, 1.807) is 13.3 Å². The van der Waals surface area contributed by atoms with E-state index in [1.165, 1.54) is 0 Å². The second kappa shape index (κ2) is 6.02. The Morgan fingerprint density at radius 3 is 2.60 bits per heavy atom. The molecule has 0 aliphatic heterocycles. The van der Waals surface area contributed by atoms with Crippen molar-refractivity contribution in [2.24, 2.45) is 4.99 Å². The predicted octanol–water partition coefficient (Wildman–Crippen LogP) is 2.38. The van der Waals surface area contributed by atoms with Gasteiger partial charge >= 0.3 is 0 Å². The Morgan fingerprint density at radius 1 is 1.40 bits per heavy atom. The van der Waals surface area contributed by atoms with Gasteiger partial charge in [0.1, 0.15) is 0 Å². The van der Waals surface area contributed by atoms with Crippen LogP contribution in [-0.4, -0.2) is 13.3 Å². The van der Waals surface area contributed by atoms with Crippen LogP contribution in [0.3, 0.4) is 0 Å². The summed E-state index contributed by atoms with van der Waals surface area (Å²) < 4.78 is 0. The van der Waals surface area contributed by atoms with Crippen molar-refractivity contribution in [2.45, 2.75) is 6.92 Å². The Hall–Kier alpha value is -1.11. The summed E-state index contributed by atoms with van der Waals surface area (Å²) in [6.07, 6.45) is 9.35. The summed E-state index contributed by atoms with van der Waals surface area (Å²) >= 11 is 0. The number of nitrogens with zero attached hydrogens (tertiary/aromatic N) is 1. The maximum atomic E-state index is 3.79. The molecule has 0 aromatic rings. The molecule has 10 heavy (non-hydrogen) atoms. The van der Waals surface area contributed by atoms with E-state index in [1.807, 2.05) is 31.2 Å². The molecule has 0 saturated carbocycles. The molecule has 0 unspecified atom stereocenters. The zero-order valence-electron chi connectivity index (χ0n) is 6.54. The van der Waals surface area contributed by atoms with Gasteiger partial charge in [-0.2, -0.15) is 0 Å². The van der Waals surface area contributed by atoms with E-state index in [-0.39, 0.29) is 0 Å². The summed E-state index contributed by atoms with van der Waals surface area (Å²) in [5.74, 6) is 0. The van der Waals surface area contributed by atoms with Gasteiger partial charge in [-0.25, -0.2) is 0 Å². The Bertz CT molecular complexity index is 173. The monoisotopic (exact) mass is 135 g/mol. The maximum Gasteiger partial charge on any atom is 0.0277 e. The summed E-state index contributed by atoms with van der Waals surface area (Å²) in [6.45, 7) is 5.62. The highest BCUT2D eigenvalue weighted by Gasteiger charge is 1.71. The van der Waals surface area contributed by atoms with Crippen LogP contribution in [0.1, 0.15) is 6.92 Å². The molecule has 0 spiro atoms. The first-order chi connectivity index (χ1) is 4.81. The van der Waals surface area contributed by atoms with Gasteiger partial charge in [0, 0.05) is 13.3 Å². The van der Waals surface area contributed by atoms with Crippen LogP contribution in [0.2, 0.25) is 0 Å². The first-order valence-electron chi connectivity index (χ1n) is 3.19. The molecule has 0 fully saturated rings. The van der Waals surface area contributed by atoms with Crippen molar-refractivity contribution >= 4 is 6.21 Å². The quantitative estimate of drug-likeness (QED) is 0.416. The van der Waals surface area contributed by atoms with Gasteiger partial charge in [0.25, 0.3) is 0 Å². The van der Waals surface area contributed by atoms with E-state index in [9.17, 15) is 0 Å². The van der Waals surface area contributed by atoms with Crippen molar-refractivity contribution in [3.05, 3.63) is 36.5 Å². The minimum atomic E-state index is 1.15. The van der Waals surface area contributed by atoms with Gasteiger partial charge < -0.3 is 0 Å². The molecule has 0 saturated heterocycles.